The van der Waals surface area contributed by atoms with Gasteiger partial charge in [-0.05, 0) is 217 Å². The molecule has 0 unspecified atom stereocenters. The highest BCUT2D eigenvalue weighted by atomic mass is 16.2. The molecule has 20 heteroatoms. The predicted molar refractivity (Wildman–Crippen MR) is 405 cm³/mol. The summed E-state index contributed by atoms with van der Waals surface area (Å²) in [5.74, 6) is 7.49. The Bertz CT molecular complexity index is 3780. The van der Waals surface area contributed by atoms with Gasteiger partial charge in [-0.25, -0.2) is 0 Å². The number of aromatic nitrogens is 8. The minimum Gasteiger partial charge on any atom is -0.352 e. The van der Waals surface area contributed by atoms with Gasteiger partial charge in [-0.2, -0.15) is 20.4 Å². The first-order valence-electron chi connectivity index (χ1n) is 37.7. The average Bonchev–Trinajstić information content (AvgIpc) is 1.66. The standard InChI is InChI=1S/3C21H26N4O.C20H24N4O/c3*1-15-3-10-20(23-22-15)24-11-12-25(16(2)14-24)21(26)13-17-4-6-18(7-5-17)19-8-9-19;1-15-2-9-19(22-21-15)23-10-12-24(13-11-23)20(25)14-16-3-5-17(6-4-16)18-7-8-18/h3*3-7,10,16,19H,8-9,11-14H2,1-2H3;2-6,9,18H,7-8,10-14H2,1H3/t3*16-;/m110./s1. The Morgan fingerprint density at radius 3 is 0.738 bits per heavy atom. The van der Waals surface area contributed by atoms with E-state index in [-0.39, 0.29) is 41.8 Å². The maximum Gasteiger partial charge on any atom is 0.227 e. The number of hydrogen-bond donors (Lipinski definition) is 0. The molecule has 3 atom stereocenters. The number of anilines is 4. The summed E-state index contributed by atoms with van der Waals surface area (Å²) < 4.78 is 0. The van der Waals surface area contributed by atoms with Crippen molar-refractivity contribution < 1.29 is 19.2 Å². The van der Waals surface area contributed by atoms with Gasteiger partial charge in [-0.3, -0.25) is 19.2 Å². The van der Waals surface area contributed by atoms with Gasteiger partial charge >= 0.3 is 0 Å². The molecule has 4 amide bonds. The normalized spacial score (nSPS) is 19.7. The van der Waals surface area contributed by atoms with Crippen LogP contribution in [0.3, 0.4) is 0 Å². The second-order valence-corrected chi connectivity index (χ2v) is 29.9. The molecular weight excluding hydrogens is 1290 g/mol. The van der Waals surface area contributed by atoms with Crippen molar-refractivity contribution >= 4 is 46.9 Å². The molecule has 4 saturated heterocycles. The van der Waals surface area contributed by atoms with Crippen molar-refractivity contribution in [2.24, 2.45) is 0 Å². The quantitative estimate of drug-likeness (QED) is 0.0884. The maximum atomic E-state index is 12.8. The van der Waals surface area contributed by atoms with E-state index in [1.807, 2.05) is 95.8 Å². The molecule has 16 rings (SSSR count). The van der Waals surface area contributed by atoms with Crippen LogP contribution in [0.2, 0.25) is 0 Å². The number of rotatable bonds is 16. The van der Waals surface area contributed by atoms with Crippen molar-refractivity contribution in [3.05, 3.63) is 213 Å². The van der Waals surface area contributed by atoms with E-state index in [9.17, 15) is 19.2 Å². The monoisotopic (exact) mass is 1390 g/mol. The van der Waals surface area contributed by atoms with Crippen LogP contribution in [0.5, 0.6) is 0 Å². The van der Waals surface area contributed by atoms with Crippen molar-refractivity contribution in [1.82, 2.24) is 60.4 Å². The largest absolute Gasteiger partial charge is 0.352 e. The molecule has 8 fully saturated rings. The van der Waals surface area contributed by atoms with Gasteiger partial charge in [-0.1, -0.05) is 97.1 Å². The third-order valence-corrected chi connectivity index (χ3v) is 21.4. The zero-order chi connectivity index (χ0) is 71.5. The zero-order valence-electron chi connectivity index (χ0n) is 61.4. The summed E-state index contributed by atoms with van der Waals surface area (Å²) >= 11 is 0. The van der Waals surface area contributed by atoms with Gasteiger partial charge in [-0.15, -0.1) is 20.4 Å². The fourth-order valence-corrected chi connectivity index (χ4v) is 14.4. The SMILES string of the molecule is Cc1ccc(N2CCN(C(=O)Cc3ccc(C4CC4)cc3)CC2)nn1.Cc1ccc(N2CCN(C(=O)Cc3ccc(C4CC4)cc3)[C@@H](C)C2)nn1.Cc1ccc(N2CCN(C(=O)Cc3ccc(C4CC4)cc3)[C@H](C)C2)nn1.Cc1ccc(N2CCN(C(=O)Cc3ccc(C4CC4)cc3)[C@H](C)C2)nn1. The van der Waals surface area contributed by atoms with Crippen LogP contribution in [-0.2, 0) is 44.9 Å². The molecule has 4 aromatic heterocycles. The second kappa shape index (κ2) is 33.2. The van der Waals surface area contributed by atoms with Crippen LogP contribution < -0.4 is 19.6 Å². The molecule has 0 radical (unpaired) electrons. The lowest BCUT2D eigenvalue weighted by Crippen LogP contribution is -2.54. The average molecular weight is 1390 g/mol. The minimum atomic E-state index is 0.171. The Morgan fingerprint density at radius 2 is 0.515 bits per heavy atom. The van der Waals surface area contributed by atoms with Crippen molar-refractivity contribution in [3.8, 4) is 0 Å². The minimum absolute atomic E-state index is 0.171. The number of hydrogen-bond acceptors (Lipinski definition) is 16. The molecule has 0 N–H and O–H groups in total. The second-order valence-electron chi connectivity index (χ2n) is 29.9. The van der Waals surface area contributed by atoms with Gasteiger partial charge < -0.3 is 39.2 Å². The molecule has 4 saturated carbocycles. The van der Waals surface area contributed by atoms with E-state index in [0.717, 1.165) is 177 Å². The highest BCUT2D eigenvalue weighted by Gasteiger charge is 2.33. The first-order chi connectivity index (χ1) is 50.0. The van der Waals surface area contributed by atoms with E-state index in [4.69, 9.17) is 0 Å². The number of amides is 4. The van der Waals surface area contributed by atoms with Gasteiger partial charge in [0.15, 0.2) is 23.3 Å². The Labute approximate surface area is 608 Å². The molecule has 4 aromatic carbocycles. The third kappa shape index (κ3) is 19.7. The molecule has 20 nitrogen and oxygen atoms in total. The molecule has 4 aliphatic carbocycles. The molecule has 0 bridgehead atoms. The molecule has 4 aliphatic heterocycles. The molecular formula is C83H102N16O4. The zero-order valence-corrected chi connectivity index (χ0v) is 61.4. The van der Waals surface area contributed by atoms with Crippen LogP contribution in [0.15, 0.2) is 146 Å². The van der Waals surface area contributed by atoms with E-state index in [0.29, 0.717) is 25.7 Å². The van der Waals surface area contributed by atoms with Crippen LogP contribution in [0.4, 0.5) is 23.3 Å². The lowest BCUT2D eigenvalue weighted by atomic mass is 10.0. The highest BCUT2D eigenvalue weighted by Crippen LogP contribution is 2.42. The molecule has 8 heterocycles. The van der Waals surface area contributed by atoms with Crippen LogP contribution in [0.25, 0.3) is 0 Å². The summed E-state index contributed by atoms with van der Waals surface area (Å²) in [5, 5.41) is 33.6. The van der Waals surface area contributed by atoms with E-state index in [1.54, 1.807) is 0 Å². The van der Waals surface area contributed by atoms with Crippen LogP contribution in [0.1, 0.15) is 163 Å². The smallest absolute Gasteiger partial charge is 0.227 e. The summed E-state index contributed by atoms with van der Waals surface area (Å²) in [6.07, 6.45) is 12.4. The number of piperazine rings is 4. The summed E-state index contributed by atoms with van der Waals surface area (Å²) in [4.78, 5) is 67.7. The van der Waals surface area contributed by atoms with E-state index < -0.39 is 0 Å². The molecule has 8 aromatic rings. The fraction of sp³-hybridized carbons (Fsp3) is 0.470. The Balaban J connectivity index is 0.000000122. The first kappa shape index (κ1) is 71.7. The molecule has 8 aliphatic rings. The summed E-state index contributed by atoms with van der Waals surface area (Å²) in [5.41, 5.74) is 13.8. The van der Waals surface area contributed by atoms with Gasteiger partial charge in [0.25, 0.3) is 0 Å². The number of nitrogens with zero attached hydrogens (tertiary/aromatic N) is 16. The molecule has 0 spiro atoms. The molecule has 538 valence electrons. The topological polar surface area (TPSA) is 197 Å². The van der Waals surface area contributed by atoms with Crippen molar-refractivity contribution in [3.63, 3.8) is 0 Å². The summed E-state index contributed by atoms with van der Waals surface area (Å²) in [7, 11) is 0. The maximum absolute atomic E-state index is 12.8. The van der Waals surface area contributed by atoms with Crippen LogP contribution in [0, 0.1) is 27.7 Å². The van der Waals surface area contributed by atoms with Gasteiger partial charge in [0, 0.05) is 103 Å². The third-order valence-electron chi connectivity index (χ3n) is 21.4. The Hall–Kier alpha value is -9.72. The fourth-order valence-electron chi connectivity index (χ4n) is 14.4. The Kier molecular flexibility index (Phi) is 23.1. The van der Waals surface area contributed by atoms with E-state index in [2.05, 4.69) is 178 Å². The van der Waals surface area contributed by atoms with Crippen LogP contribution >= 0.6 is 0 Å². The number of carbonyl (C=O) groups excluding carboxylic acids is 4. The van der Waals surface area contributed by atoms with Crippen molar-refractivity contribution in [2.75, 3.05) is 105 Å². The van der Waals surface area contributed by atoms with Crippen LogP contribution in [-0.4, -0.2) is 187 Å². The lowest BCUT2D eigenvalue weighted by molar-refractivity contribution is -0.133. The van der Waals surface area contributed by atoms with Gasteiger partial charge in [0.2, 0.25) is 23.6 Å². The molecule has 103 heavy (non-hydrogen) atoms. The number of carbonyl (C=O) groups is 4. The van der Waals surface area contributed by atoms with E-state index in [1.165, 1.54) is 73.6 Å². The van der Waals surface area contributed by atoms with Gasteiger partial charge in [0.1, 0.15) is 0 Å². The Morgan fingerprint density at radius 1 is 0.282 bits per heavy atom. The highest BCUT2D eigenvalue weighted by molar-refractivity contribution is 5.81. The first-order valence-corrected chi connectivity index (χ1v) is 37.7. The lowest BCUT2D eigenvalue weighted by Gasteiger charge is -2.40. The van der Waals surface area contributed by atoms with Crippen molar-refractivity contribution in [2.45, 2.75) is 167 Å². The predicted octanol–water partition coefficient (Wildman–Crippen LogP) is 11.4. The summed E-state index contributed by atoms with van der Waals surface area (Å²) in [6.45, 7) is 24.2. The number of benzene rings is 4. The number of aryl methyl sites for hydroxylation is 4. The van der Waals surface area contributed by atoms with Crippen molar-refractivity contribution in [1.29, 1.82) is 0 Å². The van der Waals surface area contributed by atoms with Gasteiger partial charge in [0.05, 0.1) is 48.5 Å². The van der Waals surface area contributed by atoms with E-state index >= 15 is 0 Å². The summed E-state index contributed by atoms with van der Waals surface area (Å²) in [6, 6.07) is 50.9.